The van der Waals surface area contributed by atoms with E-state index in [1.165, 1.54) is 5.69 Å². The van der Waals surface area contributed by atoms with Crippen LogP contribution in [0.2, 0.25) is 5.02 Å². The second-order valence-electron chi connectivity index (χ2n) is 6.37. The van der Waals surface area contributed by atoms with E-state index in [4.69, 9.17) is 16.3 Å². The third kappa shape index (κ3) is 5.13. The molecule has 1 aliphatic heterocycles. The summed E-state index contributed by atoms with van der Waals surface area (Å²) < 4.78 is 5.38. The zero-order valence-corrected chi connectivity index (χ0v) is 15.6. The van der Waals surface area contributed by atoms with Gasteiger partial charge in [0.2, 0.25) is 0 Å². The maximum atomic E-state index is 12.1. The molecule has 138 valence electrons. The molecular weight excluding hydrogens is 350 g/mol. The van der Waals surface area contributed by atoms with Crippen LogP contribution in [0.3, 0.4) is 0 Å². The van der Waals surface area contributed by atoms with E-state index in [1.807, 2.05) is 43.3 Å². The van der Waals surface area contributed by atoms with Crippen LogP contribution in [-0.4, -0.2) is 32.3 Å². The lowest BCUT2D eigenvalue weighted by Gasteiger charge is -2.28. The lowest BCUT2D eigenvalue weighted by atomic mass is 10.1. The van der Waals surface area contributed by atoms with E-state index in [9.17, 15) is 4.79 Å². The molecule has 0 aromatic heterocycles. The highest BCUT2D eigenvalue weighted by atomic mass is 35.5. The lowest BCUT2D eigenvalue weighted by Crippen LogP contribution is -2.37. The summed E-state index contributed by atoms with van der Waals surface area (Å²) in [6, 6.07) is 15.5. The third-order valence-electron chi connectivity index (χ3n) is 4.46. The fourth-order valence-electron chi connectivity index (χ4n) is 2.94. The number of ether oxygens (including phenoxy) is 1. The van der Waals surface area contributed by atoms with Crippen LogP contribution in [0.1, 0.15) is 24.1 Å². The zero-order chi connectivity index (χ0) is 18.4. The van der Waals surface area contributed by atoms with Crippen LogP contribution < -0.4 is 15.5 Å². The molecule has 2 N–H and O–H groups in total. The molecule has 0 spiro atoms. The third-order valence-corrected chi connectivity index (χ3v) is 4.70. The van der Waals surface area contributed by atoms with Crippen LogP contribution in [0.5, 0.6) is 0 Å². The Labute approximate surface area is 159 Å². The van der Waals surface area contributed by atoms with Crippen LogP contribution in [-0.2, 0) is 11.3 Å². The fraction of sp³-hybridized carbons (Fsp3) is 0.350. The van der Waals surface area contributed by atoms with Crippen molar-refractivity contribution in [3.63, 3.8) is 0 Å². The lowest BCUT2D eigenvalue weighted by molar-refractivity contribution is 0.122. The van der Waals surface area contributed by atoms with Gasteiger partial charge in [-0.15, -0.1) is 0 Å². The number of halogens is 1. The molecule has 0 bridgehead atoms. The monoisotopic (exact) mass is 373 g/mol. The van der Waals surface area contributed by atoms with Gasteiger partial charge in [0.25, 0.3) is 0 Å². The molecule has 26 heavy (non-hydrogen) atoms. The summed E-state index contributed by atoms with van der Waals surface area (Å²) in [5.41, 5.74) is 3.23. The summed E-state index contributed by atoms with van der Waals surface area (Å²) in [5.74, 6) is 0. The second kappa shape index (κ2) is 8.92. The Balaban J connectivity index is 1.48. The first-order valence-electron chi connectivity index (χ1n) is 8.83. The number of nitrogens with zero attached hydrogens (tertiary/aromatic N) is 1. The largest absolute Gasteiger partial charge is 0.378 e. The van der Waals surface area contributed by atoms with Gasteiger partial charge in [-0.05, 0) is 42.3 Å². The van der Waals surface area contributed by atoms with E-state index in [0.717, 1.165) is 37.4 Å². The van der Waals surface area contributed by atoms with Crippen LogP contribution >= 0.6 is 11.6 Å². The van der Waals surface area contributed by atoms with Gasteiger partial charge in [0.15, 0.2) is 0 Å². The van der Waals surface area contributed by atoms with Gasteiger partial charge in [-0.1, -0.05) is 35.9 Å². The number of carbonyl (C=O) groups is 1. The van der Waals surface area contributed by atoms with Crippen LogP contribution in [0.15, 0.2) is 48.5 Å². The first-order chi connectivity index (χ1) is 12.6. The van der Waals surface area contributed by atoms with Crippen molar-refractivity contribution in [2.75, 3.05) is 31.2 Å². The first-order valence-corrected chi connectivity index (χ1v) is 9.21. The highest BCUT2D eigenvalue weighted by Gasteiger charge is 2.12. The number of urea groups is 1. The van der Waals surface area contributed by atoms with Crippen LogP contribution in [0.25, 0.3) is 0 Å². The number of rotatable bonds is 5. The van der Waals surface area contributed by atoms with Gasteiger partial charge >= 0.3 is 6.03 Å². The number of benzene rings is 2. The minimum Gasteiger partial charge on any atom is -0.378 e. The summed E-state index contributed by atoms with van der Waals surface area (Å²) in [4.78, 5) is 14.4. The van der Waals surface area contributed by atoms with E-state index in [2.05, 4.69) is 27.7 Å². The fourth-order valence-corrected chi connectivity index (χ4v) is 3.13. The molecule has 1 heterocycles. The molecule has 1 saturated heterocycles. The molecule has 3 rings (SSSR count). The van der Waals surface area contributed by atoms with Crippen molar-refractivity contribution >= 4 is 23.3 Å². The Hall–Kier alpha value is -2.24. The van der Waals surface area contributed by atoms with Crippen molar-refractivity contribution in [3.8, 4) is 0 Å². The van der Waals surface area contributed by atoms with Crippen molar-refractivity contribution in [2.45, 2.75) is 19.5 Å². The van der Waals surface area contributed by atoms with Crippen molar-refractivity contribution in [2.24, 2.45) is 0 Å². The summed E-state index contributed by atoms with van der Waals surface area (Å²) in [6.07, 6.45) is 0. The van der Waals surface area contributed by atoms with Gasteiger partial charge in [-0.25, -0.2) is 4.79 Å². The SMILES string of the molecule is CC(NC(=O)NCc1ccc(N2CCOCC2)cc1)c1cccc(Cl)c1. The summed E-state index contributed by atoms with van der Waals surface area (Å²) in [6.45, 7) is 5.80. The molecule has 0 saturated carbocycles. The van der Waals surface area contributed by atoms with E-state index in [-0.39, 0.29) is 12.1 Å². The molecule has 2 aromatic carbocycles. The minimum absolute atomic E-state index is 0.114. The van der Waals surface area contributed by atoms with Gasteiger partial charge in [-0.3, -0.25) is 0 Å². The molecule has 1 aliphatic rings. The van der Waals surface area contributed by atoms with E-state index in [1.54, 1.807) is 0 Å². The first kappa shape index (κ1) is 18.5. The predicted octanol–water partition coefficient (Wildman–Crippen LogP) is 3.74. The highest BCUT2D eigenvalue weighted by molar-refractivity contribution is 6.30. The standard InChI is InChI=1S/C20H24ClN3O2/c1-15(17-3-2-4-18(21)13-17)23-20(25)22-14-16-5-7-19(8-6-16)24-9-11-26-12-10-24/h2-8,13,15H,9-12,14H2,1H3,(H2,22,23,25). The van der Waals surface area contributed by atoms with Crippen LogP contribution in [0, 0.1) is 0 Å². The normalized spacial score (nSPS) is 15.4. The number of carbonyl (C=O) groups excluding carboxylic acids is 1. The van der Waals surface area contributed by atoms with E-state index < -0.39 is 0 Å². The van der Waals surface area contributed by atoms with Gasteiger partial charge < -0.3 is 20.3 Å². The van der Waals surface area contributed by atoms with Gasteiger partial charge in [0.05, 0.1) is 19.3 Å². The van der Waals surface area contributed by atoms with E-state index in [0.29, 0.717) is 11.6 Å². The molecule has 1 atom stereocenters. The Kier molecular flexibility index (Phi) is 6.36. The van der Waals surface area contributed by atoms with Gasteiger partial charge in [0.1, 0.15) is 0 Å². The number of nitrogens with one attached hydrogen (secondary N) is 2. The molecule has 5 nitrogen and oxygen atoms in total. The maximum absolute atomic E-state index is 12.1. The molecule has 0 aliphatic carbocycles. The topological polar surface area (TPSA) is 53.6 Å². The maximum Gasteiger partial charge on any atom is 0.315 e. The van der Waals surface area contributed by atoms with Crippen molar-refractivity contribution in [1.29, 1.82) is 0 Å². The van der Waals surface area contributed by atoms with E-state index >= 15 is 0 Å². The number of hydrogen-bond acceptors (Lipinski definition) is 3. The van der Waals surface area contributed by atoms with Crippen molar-refractivity contribution < 1.29 is 9.53 Å². The predicted molar refractivity (Wildman–Crippen MR) is 105 cm³/mol. The Morgan fingerprint density at radius 3 is 2.62 bits per heavy atom. The summed E-state index contributed by atoms with van der Waals surface area (Å²) in [7, 11) is 0. The Morgan fingerprint density at radius 1 is 1.19 bits per heavy atom. The molecular formula is C20H24ClN3O2. The summed E-state index contributed by atoms with van der Waals surface area (Å²) >= 11 is 6.00. The van der Waals surface area contributed by atoms with Crippen LogP contribution in [0.4, 0.5) is 10.5 Å². The van der Waals surface area contributed by atoms with Crippen molar-refractivity contribution in [1.82, 2.24) is 10.6 Å². The average Bonchev–Trinajstić information content (AvgIpc) is 2.67. The van der Waals surface area contributed by atoms with Gasteiger partial charge in [0, 0.05) is 30.3 Å². The van der Waals surface area contributed by atoms with Crippen molar-refractivity contribution in [3.05, 3.63) is 64.7 Å². The molecule has 2 amide bonds. The summed E-state index contributed by atoms with van der Waals surface area (Å²) in [5, 5.41) is 6.49. The quantitative estimate of drug-likeness (QED) is 0.839. The number of hydrogen-bond donors (Lipinski definition) is 2. The molecule has 1 unspecified atom stereocenters. The second-order valence-corrected chi connectivity index (χ2v) is 6.81. The number of morpholine rings is 1. The smallest absolute Gasteiger partial charge is 0.315 e. The Bertz CT molecular complexity index is 730. The zero-order valence-electron chi connectivity index (χ0n) is 14.9. The van der Waals surface area contributed by atoms with Gasteiger partial charge in [-0.2, -0.15) is 0 Å². The molecule has 6 heteroatoms. The molecule has 1 fully saturated rings. The average molecular weight is 374 g/mol. The number of anilines is 1. The molecule has 0 radical (unpaired) electrons. The minimum atomic E-state index is -0.199. The molecule has 2 aromatic rings. The Morgan fingerprint density at radius 2 is 1.92 bits per heavy atom. The highest BCUT2D eigenvalue weighted by Crippen LogP contribution is 2.18. The number of amides is 2.